The van der Waals surface area contributed by atoms with Crippen LogP contribution in [0.4, 0.5) is 0 Å². The fourth-order valence-corrected chi connectivity index (χ4v) is 3.92. The van der Waals surface area contributed by atoms with Crippen LogP contribution in [0.5, 0.6) is 0 Å². The highest BCUT2D eigenvalue weighted by Gasteiger charge is 2.69. The normalized spacial score (nSPS) is 38.7. The fraction of sp³-hybridized carbons (Fsp3) is 0.500. The first-order valence-corrected chi connectivity index (χ1v) is 6.20. The molecule has 1 heterocycles. The van der Waals surface area contributed by atoms with Gasteiger partial charge in [0.05, 0.1) is 6.54 Å². The highest BCUT2D eigenvalue weighted by molar-refractivity contribution is 5.95. The Bertz CT molecular complexity index is 491. The molecule has 2 heteroatoms. The molecule has 4 rings (SSSR count). The van der Waals surface area contributed by atoms with Gasteiger partial charge in [-0.3, -0.25) is 4.99 Å². The lowest BCUT2D eigenvalue weighted by Gasteiger charge is -2.14. The lowest BCUT2D eigenvalue weighted by molar-refractivity contribution is 0.623. The van der Waals surface area contributed by atoms with Crippen molar-refractivity contribution in [2.75, 3.05) is 13.1 Å². The lowest BCUT2D eigenvalue weighted by Crippen LogP contribution is -2.30. The molecule has 0 saturated heterocycles. The first-order valence-electron chi connectivity index (χ1n) is 6.20. The third kappa shape index (κ3) is 0.831. The lowest BCUT2D eigenvalue weighted by atomic mass is 9.96. The van der Waals surface area contributed by atoms with E-state index in [1.54, 1.807) is 11.1 Å². The first kappa shape index (κ1) is 8.80. The van der Waals surface area contributed by atoms with Crippen molar-refractivity contribution in [3.05, 3.63) is 35.4 Å². The summed E-state index contributed by atoms with van der Waals surface area (Å²) in [6.07, 6.45) is 1.20. The number of fused-ring (bicyclic) bond motifs is 3. The molecule has 82 valence electrons. The van der Waals surface area contributed by atoms with E-state index in [9.17, 15) is 0 Å². The Morgan fingerprint density at radius 1 is 1.38 bits per heavy atom. The molecule has 0 bridgehead atoms. The predicted octanol–water partition coefficient (Wildman–Crippen LogP) is 1.96. The summed E-state index contributed by atoms with van der Waals surface area (Å²) in [4.78, 5) is 4.67. The van der Waals surface area contributed by atoms with Crippen LogP contribution in [0, 0.1) is 11.3 Å². The molecule has 2 nitrogen and oxygen atoms in total. The van der Waals surface area contributed by atoms with Crippen molar-refractivity contribution in [1.82, 2.24) is 5.32 Å². The first-order chi connectivity index (χ1) is 7.84. The van der Waals surface area contributed by atoms with Gasteiger partial charge < -0.3 is 5.32 Å². The molecule has 3 atom stereocenters. The third-order valence-electron chi connectivity index (χ3n) is 4.75. The molecular formula is C14H16N2. The van der Waals surface area contributed by atoms with E-state index in [2.05, 4.69) is 41.5 Å². The van der Waals surface area contributed by atoms with E-state index in [1.165, 1.54) is 12.3 Å². The minimum atomic E-state index is 0.347. The number of nitrogens with zero attached hydrogens (tertiary/aromatic N) is 1. The molecule has 0 spiro atoms. The van der Waals surface area contributed by atoms with Crippen molar-refractivity contribution in [2.45, 2.75) is 19.3 Å². The maximum atomic E-state index is 4.67. The Hall–Kier alpha value is -1.31. The molecule has 3 aliphatic rings. The zero-order chi connectivity index (χ0) is 10.8. The maximum Gasteiger partial charge on any atom is 0.104 e. The van der Waals surface area contributed by atoms with Crippen LogP contribution in [0.15, 0.2) is 29.3 Å². The summed E-state index contributed by atoms with van der Waals surface area (Å²) >= 11 is 0. The fourth-order valence-electron chi connectivity index (χ4n) is 3.92. The van der Waals surface area contributed by atoms with Gasteiger partial charge in [0.25, 0.3) is 0 Å². The van der Waals surface area contributed by atoms with Crippen molar-refractivity contribution < 1.29 is 0 Å². The molecule has 0 aromatic heterocycles. The van der Waals surface area contributed by atoms with Crippen LogP contribution in [0.1, 0.15) is 24.0 Å². The van der Waals surface area contributed by atoms with Crippen molar-refractivity contribution in [3.63, 3.8) is 0 Å². The van der Waals surface area contributed by atoms with E-state index in [1.807, 2.05) is 0 Å². The van der Waals surface area contributed by atoms with Crippen molar-refractivity contribution in [2.24, 2.45) is 16.3 Å². The van der Waals surface area contributed by atoms with E-state index in [0.29, 0.717) is 5.41 Å². The smallest absolute Gasteiger partial charge is 0.104 e. The van der Waals surface area contributed by atoms with Crippen LogP contribution in [0.25, 0.3) is 0 Å². The summed E-state index contributed by atoms with van der Waals surface area (Å²) in [5.74, 6) is 2.79. The average Bonchev–Trinajstić information content (AvgIpc) is 2.80. The second-order valence-electron chi connectivity index (χ2n) is 5.34. The number of hydrogen-bond acceptors (Lipinski definition) is 2. The topological polar surface area (TPSA) is 24.4 Å². The summed E-state index contributed by atoms with van der Waals surface area (Å²) in [5, 5.41) is 3.50. The number of rotatable bonds is 1. The van der Waals surface area contributed by atoms with Gasteiger partial charge in [0.2, 0.25) is 0 Å². The summed E-state index contributed by atoms with van der Waals surface area (Å²) in [6.45, 7) is 4.38. The van der Waals surface area contributed by atoms with Crippen LogP contribution in [-0.2, 0) is 6.42 Å². The van der Waals surface area contributed by atoms with Crippen LogP contribution in [0.3, 0.4) is 0 Å². The summed E-state index contributed by atoms with van der Waals surface area (Å²) < 4.78 is 0. The highest BCUT2D eigenvalue weighted by atomic mass is 15.1. The van der Waals surface area contributed by atoms with Gasteiger partial charge in [0, 0.05) is 17.9 Å². The van der Waals surface area contributed by atoms with E-state index >= 15 is 0 Å². The van der Waals surface area contributed by atoms with Gasteiger partial charge in [-0.15, -0.1) is 0 Å². The molecule has 1 saturated carbocycles. The van der Waals surface area contributed by atoms with Crippen molar-refractivity contribution >= 4 is 5.84 Å². The van der Waals surface area contributed by atoms with Gasteiger partial charge in [0.15, 0.2) is 0 Å². The molecule has 1 aromatic carbocycles. The molecule has 16 heavy (non-hydrogen) atoms. The molecule has 0 radical (unpaired) electrons. The summed E-state index contributed by atoms with van der Waals surface area (Å²) in [6, 6.07) is 8.92. The molecule has 1 fully saturated rings. The van der Waals surface area contributed by atoms with Crippen molar-refractivity contribution in [3.8, 4) is 0 Å². The number of amidine groups is 1. The molecule has 0 amide bonds. The minimum absolute atomic E-state index is 0.347. The average molecular weight is 212 g/mol. The SMILES string of the molecule is CC1C2c3ccccc3CC12C1=NCCN1. The largest absolute Gasteiger partial charge is 0.371 e. The minimum Gasteiger partial charge on any atom is -0.371 e. The van der Waals surface area contributed by atoms with Gasteiger partial charge in [-0.25, -0.2) is 0 Å². The van der Waals surface area contributed by atoms with Crippen LogP contribution >= 0.6 is 0 Å². The predicted molar refractivity (Wildman–Crippen MR) is 64.8 cm³/mol. The van der Waals surface area contributed by atoms with Crippen molar-refractivity contribution in [1.29, 1.82) is 0 Å². The Labute approximate surface area is 95.8 Å². The maximum absolute atomic E-state index is 4.67. The Balaban J connectivity index is 1.81. The monoisotopic (exact) mass is 212 g/mol. The zero-order valence-electron chi connectivity index (χ0n) is 9.53. The van der Waals surface area contributed by atoms with E-state index in [-0.39, 0.29) is 0 Å². The second-order valence-corrected chi connectivity index (χ2v) is 5.34. The van der Waals surface area contributed by atoms with Gasteiger partial charge in [0.1, 0.15) is 5.84 Å². The number of hydrogen-bond donors (Lipinski definition) is 1. The van der Waals surface area contributed by atoms with E-state index < -0.39 is 0 Å². The Kier molecular flexibility index (Phi) is 1.47. The molecule has 1 N–H and O–H groups in total. The molecule has 1 aliphatic heterocycles. The zero-order valence-corrected chi connectivity index (χ0v) is 9.53. The van der Waals surface area contributed by atoms with Gasteiger partial charge in [-0.2, -0.15) is 0 Å². The highest BCUT2D eigenvalue weighted by Crippen LogP contribution is 2.71. The van der Waals surface area contributed by atoms with E-state index in [4.69, 9.17) is 0 Å². The van der Waals surface area contributed by atoms with Crippen LogP contribution in [-0.4, -0.2) is 18.9 Å². The molecule has 3 unspecified atom stereocenters. The second kappa shape index (κ2) is 2.68. The van der Waals surface area contributed by atoms with Crippen LogP contribution < -0.4 is 5.32 Å². The van der Waals surface area contributed by atoms with Gasteiger partial charge in [-0.1, -0.05) is 31.2 Å². The Morgan fingerprint density at radius 2 is 2.25 bits per heavy atom. The third-order valence-corrected chi connectivity index (χ3v) is 4.75. The van der Waals surface area contributed by atoms with Gasteiger partial charge >= 0.3 is 0 Å². The quantitative estimate of drug-likeness (QED) is 0.756. The number of aliphatic imine (C=N–C) groups is 1. The molecular weight excluding hydrogens is 196 g/mol. The summed E-state index contributed by atoms with van der Waals surface area (Å²) in [5.41, 5.74) is 3.47. The Morgan fingerprint density at radius 3 is 3.06 bits per heavy atom. The molecule has 2 aliphatic carbocycles. The van der Waals surface area contributed by atoms with Crippen LogP contribution in [0.2, 0.25) is 0 Å². The van der Waals surface area contributed by atoms with E-state index in [0.717, 1.165) is 24.9 Å². The standard InChI is InChI=1S/C14H16N2/c1-9-12-11-5-3-2-4-10(11)8-14(9,12)13-15-6-7-16-13/h2-5,9,12H,6-8H2,1H3,(H,15,16). The molecule has 1 aromatic rings. The number of nitrogens with one attached hydrogen (secondary N) is 1. The summed E-state index contributed by atoms with van der Waals surface area (Å²) in [7, 11) is 0. The van der Waals surface area contributed by atoms with Gasteiger partial charge in [-0.05, 0) is 23.5 Å². The number of benzene rings is 1.